The lowest BCUT2D eigenvalue weighted by Gasteiger charge is -2.17. The highest BCUT2D eigenvalue weighted by atomic mass is 32.2. The van der Waals surface area contributed by atoms with Gasteiger partial charge in [-0.1, -0.05) is 41.5 Å². The maximum absolute atomic E-state index is 12.1. The Labute approximate surface area is 143 Å². The van der Waals surface area contributed by atoms with Gasteiger partial charge in [0.25, 0.3) is 0 Å². The Hall–Kier alpha value is -1.74. The lowest BCUT2D eigenvalue weighted by atomic mass is 10.0. The van der Waals surface area contributed by atoms with Gasteiger partial charge < -0.3 is 5.32 Å². The van der Waals surface area contributed by atoms with Crippen molar-refractivity contribution in [1.29, 1.82) is 0 Å². The molecule has 0 aliphatic heterocycles. The third-order valence-electron chi connectivity index (χ3n) is 3.89. The molecule has 0 spiro atoms. The van der Waals surface area contributed by atoms with Crippen molar-refractivity contribution < 1.29 is 4.79 Å². The van der Waals surface area contributed by atoms with Crippen LogP contribution in [0.25, 0.3) is 0 Å². The van der Waals surface area contributed by atoms with E-state index in [4.69, 9.17) is 0 Å². The summed E-state index contributed by atoms with van der Waals surface area (Å²) in [6.45, 7) is 8.31. The van der Waals surface area contributed by atoms with Gasteiger partial charge in [0, 0.05) is 17.1 Å². The average molecular weight is 327 g/mol. The van der Waals surface area contributed by atoms with E-state index in [1.165, 1.54) is 27.1 Å². The molecule has 0 aliphatic carbocycles. The number of hydrogen-bond donors (Lipinski definition) is 1. The first-order valence-electron chi connectivity index (χ1n) is 8.01. The molecule has 2 aromatic carbocycles. The monoisotopic (exact) mass is 327 g/mol. The van der Waals surface area contributed by atoms with E-state index < -0.39 is 0 Å². The van der Waals surface area contributed by atoms with E-state index in [0.29, 0.717) is 6.42 Å². The van der Waals surface area contributed by atoms with E-state index in [9.17, 15) is 4.79 Å². The minimum absolute atomic E-state index is 0.0486. The first-order valence-corrected chi connectivity index (χ1v) is 9.00. The van der Waals surface area contributed by atoms with E-state index in [1.54, 1.807) is 11.8 Å². The Balaban J connectivity index is 1.81. The third kappa shape index (κ3) is 5.43. The molecule has 0 heterocycles. The van der Waals surface area contributed by atoms with Gasteiger partial charge in [-0.2, -0.15) is 0 Å². The maximum atomic E-state index is 12.1. The van der Waals surface area contributed by atoms with Gasteiger partial charge in [0.15, 0.2) is 0 Å². The zero-order valence-corrected chi connectivity index (χ0v) is 15.2. The van der Waals surface area contributed by atoms with Crippen LogP contribution in [0.1, 0.15) is 41.6 Å². The summed E-state index contributed by atoms with van der Waals surface area (Å²) in [5, 5.41) is 3.10. The zero-order valence-electron chi connectivity index (χ0n) is 14.3. The minimum Gasteiger partial charge on any atom is -0.350 e. The van der Waals surface area contributed by atoms with Gasteiger partial charge in [0.2, 0.25) is 5.91 Å². The SMILES string of the molecule is Cc1ccc(SCCC(=O)NC(C)c2ccc(C)cc2C)cc1. The lowest BCUT2D eigenvalue weighted by Crippen LogP contribution is -2.27. The quantitative estimate of drug-likeness (QED) is 0.759. The second-order valence-electron chi connectivity index (χ2n) is 6.06. The minimum atomic E-state index is 0.0486. The van der Waals surface area contributed by atoms with Gasteiger partial charge in [-0.15, -0.1) is 11.8 Å². The molecule has 0 aromatic heterocycles. The van der Waals surface area contributed by atoms with Crippen LogP contribution in [-0.4, -0.2) is 11.7 Å². The summed E-state index contributed by atoms with van der Waals surface area (Å²) in [6, 6.07) is 14.8. The van der Waals surface area contributed by atoms with Crippen molar-refractivity contribution >= 4 is 17.7 Å². The van der Waals surface area contributed by atoms with Crippen LogP contribution >= 0.6 is 11.8 Å². The molecule has 0 saturated carbocycles. The highest BCUT2D eigenvalue weighted by molar-refractivity contribution is 7.99. The molecular formula is C20H25NOS. The van der Waals surface area contributed by atoms with Crippen LogP contribution in [-0.2, 0) is 4.79 Å². The molecule has 0 radical (unpaired) electrons. The molecule has 2 nitrogen and oxygen atoms in total. The Bertz CT molecular complexity index is 664. The Morgan fingerprint density at radius 2 is 1.70 bits per heavy atom. The van der Waals surface area contributed by atoms with Gasteiger partial charge in [0.1, 0.15) is 0 Å². The third-order valence-corrected chi connectivity index (χ3v) is 4.90. The van der Waals surface area contributed by atoms with Gasteiger partial charge in [0.05, 0.1) is 6.04 Å². The van der Waals surface area contributed by atoms with Crippen LogP contribution in [0.3, 0.4) is 0 Å². The Morgan fingerprint density at radius 1 is 1.04 bits per heavy atom. The summed E-state index contributed by atoms with van der Waals surface area (Å²) in [5.41, 5.74) is 4.93. The molecule has 1 atom stereocenters. The fourth-order valence-electron chi connectivity index (χ4n) is 2.60. The van der Waals surface area contributed by atoms with E-state index in [-0.39, 0.29) is 11.9 Å². The van der Waals surface area contributed by atoms with Crippen molar-refractivity contribution in [1.82, 2.24) is 5.32 Å². The molecule has 0 aliphatic rings. The molecule has 122 valence electrons. The van der Waals surface area contributed by atoms with Crippen molar-refractivity contribution in [3.05, 3.63) is 64.7 Å². The molecule has 1 amide bonds. The number of thioether (sulfide) groups is 1. The number of carbonyl (C=O) groups excluding carboxylic acids is 1. The number of amides is 1. The van der Waals surface area contributed by atoms with E-state index in [1.807, 2.05) is 6.92 Å². The lowest BCUT2D eigenvalue weighted by molar-refractivity contribution is -0.121. The molecule has 1 unspecified atom stereocenters. The molecule has 23 heavy (non-hydrogen) atoms. The largest absolute Gasteiger partial charge is 0.350 e. The number of nitrogens with one attached hydrogen (secondary N) is 1. The fraction of sp³-hybridized carbons (Fsp3) is 0.350. The fourth-order valence-corrected chi connectivity index (χ4v) is 3.45. The number of hydrogen-bond acceptors (Lipinski definition) is 2. The molecule has 3 heteroatoms. The molecular weight excluding hydrogens is 302 g/mol. The van der Waals surface area contributed by atoms with E-state index in [0.717, 1.165) is 5.75 Å². The predicted octanol–water partition coefficient (Wildman–Crippen LogP) is 4.97. The van der Waals surface area contributed by atoms with E-state index in [2.05, 4.69) is 68.6 Å². The van der Waals surface area contributed by atoms with Crippen LogP contribution in [0, 0.1) is 20.8 Å². The van der Waals surface area contributed by atoms with Gasteiger partial charge in [-0.25, -0.2) is 0 Å². The smallest absolute Gasteiger partial charge is 0.221 e. The van der Waals surface area contributed by atoms with Crippen molar-refractivity contribution in [3.8, 4) is 0 Å². The van der Waals surface area contributed by atoms with Crippen LogP contribution in [0.5, 0.6) is 0 Å². The first kappa shape index (κ1) is 17.6. The summed E-state index contributed by atoms with van der Waals surface area (Å²) in [5.74, 6) is 0.909. The molecule has 0 bridgehead atoms. The summed E-state index contributed by atoms with van der Waals surface area (Å²) in [6.07, 6.45) is 0.536. The van der Waals surface area contributed by atoms with Gasteiger partial charge >= 0.3 is 0 Å². The van der Waals surface area contributed by atoms with Gasteiger partial charge in [-0.3, -0.25) is 4.79 Å². The molecule has 2 aromatic rings. The van der Waals surface area contributed by atoms with Crippen LogP contribution < -0.4 is 5.32 Å². The topological polar surface area (TPSA) is 29.1 Å². The van der Waals surface area contributed by atoms with Crippen LogP contribution in [0.2, 0.25) is 0 Å². The average Bonchev–Trinajstić information content (AvgIpc) is 2.49. The summed E-state index contributed by atoms with van der Waals surface area (Å²) in [4.78, 5) is 13.3. The number of carbonyl (C=O) groups is 1. The molecule has 1 N–H and O–H groups in total. The van der Waals surface area contributed by atoms with Crippen LogP contribution in [0.15, 0.2) is 47.4 Å². The summed E-state index contributed by atoms with van der Waals surface area (Å²) >= 11 is 1.72. The highest BCUT2D eigenvalue weighted by Gasteiger charge is 2.11. The zero-order chi connectivity index (χ0) is 16.8. The maximum Gasteiger partial charge on any atom is 0.221 e. The summed E-state index contributed by atoms with van der Waals surface area (Å²) < 4.78 is 0. The number of aryl methyl sites for hydroxylation is 3. The normalized spacial score (nSPS) is 12.0. The highest BCUT2D eigenvalue weighted by Crippen LogP contribution is 2.21. The van der Waals surface area contributed by atoms with Crippen molar-refractivity contribution in [2.75, 3.05) is 5.75 Å². The number of rotatable bonds is 6. The van der Waals surface area contributed by atoms with Crippen LogP contribution in [0.4, 0.5) is 0 Å². The van der Waals surface area contributed by atoms with Crippen molar-refractivity contribution in [2.45, 2.75) is 45.1 Å². The Kier molecular flexibility index (Phi) is 6.28. The second kappa shape index (κ2) is 8.21. The molecule has 2 rings (SSSR count). The van der Waals surface area contributed by atoms with E-state index >= 15 is 0 Å². The Morgan fingerprint density at radius 3 is 2.35 bits per heavy atom. The van der Waals surface area contributed by atoms with Crippen molar-refractivity contribution in [3.63, 3.8) is 0 Å². The first-order chi connectivity index (χ1) is 11.0. The second-order valence-corrected chi connectivity index (χ2v) is 7.23. The standard InChI is InChI=1S/C20H25NOS/c1-14-5-8-18(9-6-14)23-12-11-20(22)21-17(4)19-10-7-15(2)13-16(19)3/h5-10,13,17H,11-12H2,1-4H3,(H,21,22). The predicted molar refractivity (Wildman–Crippen MR) is 99.0 cm³/mol. The van der Waals surface area contributed by atoms with Gasteiger partial charge in [-0.05, 0) is 51.0 Å². The summed E-state index contributed by atoms with van der Waals surface area (Å²) in [7, 11) is 0. The molecule has 0 saturated heterocycles. The van der Waals surface area contributed by atoms with Crippen molar-refractivity contribution in [2.24, 2.45) is 0 Å². The molecule has 0 fully saturated rings. The number of benzene rings is 2.